The molecule has 3 aromatic rings. The largest absolute Gasteiger partial charge is 0.494 e. The van der Waals surface area contributed by atoms with Crippen LogP contribution in [0.15, 0.2) is 59.0 Å². The van der Waals surface area contributed by atoms with Crippen molar-refractivity contribution in [3.05, 3.63) is 60.2 Å². The molecule has 6 heteroatoms. The number of anilines is 1. The first-order chi connectivity index (χ1) is 12.2. The Morgan fingerprint density at radius 2 is 1.84 bits per heavy atom. The van der Waals surface area contributed by atoms with Crippen LogP contribution in [0.25, 0.3) is 11.5 Å². The van der Waals surface area contributed by atoms with Crippen molar-refractivity contribution < 1.29 is 13.9 Å². The van der Waals surface area contributed by atoms with E-state index in [1.807, 2.05) is 61.5 Å². The van der Waals surface area contributed by atoms with Gasteiger partial charge in [-0.25, -0.2) is 0 Å². The Labute approximate surface area is 145 Å². The van der Waals surface area contributed by atoms with E-state index >= 15 is 0 Å². The molecule has 1 N–H and O–H groups in total. The van der Waals surface area contributed by atoms with Gasteiger partial charge in [0.05, 0.1) is 6.61 Å². The van der Waals surface area contributed by atoms with Gasteiger partial charge in [-0.2, -0.15) is 0 Å². The number of rotatable bonds is 7. The third kappa shape index (κ3) is 4.67. The standard InChI is InChI=1S/C19H19N3O3/c1-2-24-16-11-9-15(10-12-16)18-21-22-19(25-18)20-17(23)13-8-14-6-4-3-5-7-14/h3-7,9-12H,2,8,13H2,1H3,(H,20,22,23). The third-order valence-electron chi connectivity index (χ3n) is 3.57. The first-order valence-electron chi connectivity index (χ1n) is 8.15. The Hall–Kier alpha value is -3.15. The van der Waals surface area contributed by atoms with Crippen LogP contribution in [0.3, 0.4) is 0 Å². The smallest absolute Gasteiger partial charge is 0.322 e. The summed E-state index contributed by atoms with van der Waals surface area (Å²) in [4.78, 5) is 12.0. The highest BCUT2D eigenvalue weighted by atomic mass is 16.5. The molecule has 0 aliphatic rings. The highest BCUT2D eigenvalue weighted by Crippen LogP contribution is 2.22. The van der Waals surface area contributed by atoms with Gasteiger partial charge in [0.2, 0.25) is 11.8 Å². The molecular weight excluding hydrogens is 318 g/mol. The summed E-state index contributed by atoms with van der Waals surface area (Å²) < 4.78 is 10.9. The summed E-state index contributed by atoms with van der Waals surface area (Å²) in [5.74, 6) is 0.965. The molecule has 0 bridgehead atoms. The van der Waals surface area contributed by atoms with Crippen LogP contribution in [0.2, 0.25) is 0 Å². The van der Waals surface area contributed by atoms with Crippen molar-refractivity contribution in [2.24, 2.45) is 0 Å². The summed E-state index contributed by atoms with van der Waals surface area (Å²) in [5.41, 5.74) is 1.87. The lowest BCUT2D eigenvalue weighted by Crippen LogP contribution is -2.12. The van der Waals surface area contributed by atoms with E-state index in [9.17, 15) is 4.79 Å². The number of benzene rings is 2. The van der Waals surface area contributed by atoms with E-state index in [2.05, 4.69) is 15.5 Å². The lowest BCUT2D eigenvalue weighted by atomic mass is 10.1. The molecule has 0 radical (unpaired) electrons. The molecule has 0 fully saturated rings. The quantitative estimate of drug-likeness (QED) is 0.711. The highest BCUT2D eigenvalue weighted by molar-refractivity contribution is 5.88. The molecule has 25 heavy (non-hydrogen) atoms. The normalized spacial score (nSPS) is 10.4. The van der Waals surface area contributed by atoms with Crippen LogP contribution in [-0.4, -0.2) is 22.7 Å². The third-order valence-corrected chi connectivity index (χ3v) is 3.57. The lowest BCUT2D eigenvalue weighted by molar-refractivity contribution is -0.116. The number of nitrogens with one attached hydrogen (secondary N) is 1. The molecule has 0 aliphatic heterocycles. The van der Waals surface area contributed by atoms with E-state index < -0.39 is 0 Å². The number of hydrogen-bond acceptors (Lipinski definition) is 5. The van der Waals surface area contributed by atoms with Gasteiger partial charge in [-0.15, -0.1) is 5.10 Å². The van der Waals surface area contributed by atoms with E-state index in [0.29, 0.717) is 25.3 Å². The van der Waals surface area contributed by atoms with Crippen LogP contribution in [0, 0.1) is 0 Å². The highest BCUT2D eigenvalue weighted by Gasteiger charge is 2.11. The average molecular weight is 337 g/mol. The van der Waals surface area contributed by atoms with Gasteiger partial charge in [-0.1, -0.05) is 35.4 Å². The zero-order valence-electron chi connectivity index (χ0n) is 13.9. The number of amides is 1. The van der Waals surface area contributed by atoms with E-state index in [0.717, 1.165) is 16.9 Å². The van der Waals surface area contributed by atoms with E-state index in [4.69, 9.17) is 9.15 Å². The maximum atomic E-state index is 12.0. The van der Waals surface area contributed by atoms with E-state index in [1.54, 1.807) is 0 Å². The van der Waals surface area contributed by atoms with E-state index in [1.165, 1.54) is 0 Å². The molecule has 1 heterocycles. The Morgan fingerprint density at radius 3 is 2.56 bits per heavy atom. The van der Waals surface area contributed by atoms with Crippen molar-refractivity contribution in [1.82, 2.24) is 10.2 Å². The second-order valence-corrected chi connectivity index (χ2v) is 5.40. The zero-order valence-corrected chi connectivity index (χ0v) is 13.9. The summed E-state index contributed by atoms with van der Waals surface area (Å²) in [5, 5.41) is 10.5. The van der Waals surface area contributed by atoms with Gasteiger partial charge >= 0.3 is 6.01 Å². The maximum Gasteiger partial charge on any atom is 0.322 e. The summed E-state index contributed by atoms with van der Waals surface area (Å²) in [6.45, 7) is 2.54. The Morgan fingerprint density at radius 1 is 1.08 bits per heavy atom. The molecule has 0 aliphatic carbocycles. The van der Waals surface area contributed by atoms with Crippen molar-refractivity contribution in [3.63, 3.8) is 0 Å². The molecular formula is C19H19N3O3. The Balaban J connectivity index is 1.56. The van der Waals surface area contributed by atoms with Gasteiger partial charge in [0.25, 0.3) is 0 Å². The van der Waals surface area contributed by atoms with Crippen molar-refractivity contribution in [3.8, 4) is 17.2 Å². The molecule has 0 saturated heterocycles. The molecule has 1 aromatic heterocycles. The second kappa shape index (κ2) is 8.10. The van der Waals surface area contributed by atoms with Gasteiger partial charge in [-0.05, 0) is 43.2 Å². The maximum absolute atomic E-state index is 12.0. The van der Waals surface area contributed by atoms with Crippen LogP contribution < -0.4 is 10.1 Å². The lowest BCUT2D eigenvalue weighted by Gasteiger charge is -2.02. The molecule has 0 unspecified atom stereocenters. The number of ether oxygens (including phenoxy) is 1. The fraction of sp³-hybridized carbons (Fsp3) is 0.211. The predicted octanol–water partition coefficient (Wildman–Crippen LogP) is 3.71. The van der Waals surface area contributed by atoms with Gasteiger partial charge in [-0.3, -0.25) is 10.1 Å². The minimum absolute atomic E-state index is 0.0990. The van der Waals surface area contributed by atoms with Crippen LogP contribution in [0.4, 0.5) is 6.01 Å². The summed E-state index contributed by atoms with van der Waals surface area (Å²) in [7, 11) is 0. The molecule has 128 valence electrons. The topological polar surface area (TPSA) is 77.3 Å². The van der Waals surface area contributed by atoms with Gasteiger partial charge in [0.15, 0.2) is 0 Å². The number of aromatic nitrogens is 2. The summed E-state index contributed by atoms with van der Waals surface area (Å²) >= 11 is 0. The molecule has 0 atom stereocenters. The van der Waals surface area contributed by atoms with Gasteiger partial charge in [0, 0.05) is 12.0 Å². The minimum Gasteiger partial charge on any atom is -0.494 e. The fourth-order valence-corrected chi connectivity index (χ4v) is 2.34. The molecule has 6 nitrogen and oxygen atoms in total. The van der Waals surface area contributed by atoms with Crippen LogP contribution in [-0.2, 0) is 11.2 Å². The first-order valence-corrected chi connectivity index (χ1v) is 8.15. The van der Waals surface area contributed by atoms with E-state index in [-0.39, 0.29) is 11.9 Å². The number of carbonyl (C=O) groups is 1. The molecule has 1 amide bonds. The SMILES string of the molecule is CCOc1ccc(-c2nnc(NC(=O)CCc3ccccc3)o2)cc1. The molecule has 0 spiro atoms. The van der Waals surface area contributed by atoms with Crippen LogP contribution >= 0.6 is 0 Å². The number of nitrogens with zero attached hydrogens (tertiary/aromatic N) is 2. The Bertz CT molecular complexity index is 813. The van der Waals surface area contributed by atoms with Gasteiger partial charge < -0.3 is 9.15 Å². The molecule has 3 rings (SSSR count). The van der Waals surface area contributed by atoms with Crippen LogP contribution in [0.5, 0.6) is 5.75 Å². The number of carbonyl (C=O) groups excluding carboxylic acids is 1. The fourth-order valence-electron chi connectivity index (χ4n) is 2.34. The summed E-state index contributed by atoms with van der Waals surface area (Å²) in [6.07, 6.45) is 1.01. The number of hydrogen-bond donors (Lipinski definition) is 1. The van der Waals surface area contributed by atoms with Crippen molar-refractivity contribution >= 4 is 11.9 Å². The Kier molecular flexibility index (Phi) is 5.41. The van der Waals surface area contributed by atoms with Gasteiger partial charge in [0.1, 0.15) is 5.75 Å². The van der Waals surface area contributed by atoms with Crippen LogP contribution in [0.1, 0.15) is 18.9 Å². The zero-order chi connectivity index (χ0) is 17.5. The van der Waals surface area contributed by atoms with Crippen molar-refractivity contribution in [2.45, 2.75) is 19.8 Å². The second-order valence-electron chi connectivity index (χ2n) is 5.40. The average Bonchev–Trinajstić information content (AvgIpc) is 3.10. The predicted molar refractivity (Wildman–Crippen MR) is 94.3 cm³/mol. The minimum atomic E-state index is -0.161. The first kappa shape index (κ1) is 16.7. The van der Waals surface area contributed by atoms with Crippen molar-refractivity contribution in [2.75, 3.05) is 11.9 Å². The summed E-state index contributed by atoms with van der Waals surface area (Å²) in [6, 6.07) is 17.3. The molecule has 2 aromatic carbocycles. The number of aryl methyl sites for hydroxylation is 1. The molecule has 0 saturated carbocycles. The monoisotopic (exact) mass is 337 g/mol. The van der Waals surface area contributed by atoms with Crippen molar-refractivity contribution in [1.29, 1.82) is 0 Å².